The second-order valence-electron chi connectivity index (χ2n) is 4.05. The zero-order valence-corrected chi connectivity index (χ0v) is 10.8. The predicted molar refractivity (Wildman–Crippen MR) is 72.4 cm³/mol. The van der Waals surface area contributed by atoms with Gasteiger partial charge in [-0.2, -0.15) is 11.8 Å². The summed E-state index contributed by atoms with van der Waals surface area (Å²) in [6, 6.07) is 0. The molecular weight excluding hydrogens is 200 g/mol. The van der Waals surface area contributed by atoms with Gasteiger partial charge < -0.3 is 0 Å². The van der Waals surface area contributed by atoms with Gasteiger partial charge in [0.2, 0.25) is 0 Å². The number of allylic oxidation sites excluding steroid dienone is 6. The minimum absolute atomic E-state index is 1.17. The van der Waals surface area contributed by atoms with E-state index in [1.807, 2.05) is 0 Å². The van der Waals surface area contributed by atoms with Crippen molar-refractivity contribution in [3.05, 3.63) is 35.5 Å². The van der Waals surface area contributed by atoms with Crippen molar-refractivity contribution in [3.63, 3.8) is 0 Å². The Morgan fingerprint density at radius 2 is 2.00 bits per heavy atom. The summed E-state index contributed by atoms with van der Waals surface area (Å²) in [5.74, 6) is 2.59. The maximum atomic E-state index is 2.29. The van der Waals surface area contributed by atoms with E-state index >= 15 is 0 Å². The number of thioether (sulfide) groups is 1. The van der Waals surface area contributed by atoms with Crippen molar-refractivity contribution < 1.29 is 0 Å². The topological polar surface area (TPSA) is 0 Å². The van der Waals surface area contributed by atoms with Gasteiger partial charge in [-0.3, -0.25) is 0 Å². The van der Waals surface area contributed by atoms with Gasteiger partial charge in [0, 0.05) is 0 Å². The Balaban J connectivity index is 2.18. The highest BCUT2D eigenvalue weighted by Gasteiger charge is 2.00. The van der Waals surface area contributed by atoms with E-state index < -0.39 is 0 Å². The van der Waals surface area contributed by atoms with Crippen LogP contribution in [0, 0.1) is 0 Å². The van der Waals surface area contributed by atoms with Crippen molar-refractivity contribution in [3.8, 4) is 0 Å². The van der Waals surface area contributed by atoms with Crippen LogP contribution in [0.15, 0.2) is 35.5 Å². The summed E-state index contributed by atoms with van der Waals surface area (Å²) in [6.45, 7) is 4.45. The Bertz CT molecular complexity index is 259. The highest BCUT2D eigenvalue weighted by atomic mass is 32.2. The van der Waals surface area contributed by atoms with Crippen LogP contribution < -0.4 is 0 Å². The van der Waals surface area contributed by atoms with E-state index in [1.165, 1.54) is 42.8 Å². The first-order chi connectivity index (χ1) is 7.33. The van der Waals surface area contributed by atoms with E-state index in [4.69, 9.17) is 0 Å². The Labute approximate surface area is 98.5 Å². The second-order valence-corrected chi connectivity index (χ2v) is 5.45. The smallest absolute Gasteiger partial charge is 0.00675 e. The number of hydrogen-bond donors (Lipinski definition) is 0. The SMILES string of the molecule is CCSCCCCC1=CC=CC=C(C)C1. The Hall–Kier alpha value is -0.430. The molecule has 0 bridgehead atoms. The first kappa shape index (κ1) is 12.6. The van der Waals surface area contributed by atoms with Gasteiger partial charge in [-0.25, -0.2) is 0 Å². The minimum atomic E-state index is 1.17. The van der Waals surface area contributed by atoms with E-state index in [1.54, 1.807) is 5.57 Å². The molecule has 1 rings (SSSR count). The van der Waals surface area contributed by atoms with Crippen molar-refractivity contribution in [1.82, 2.24) is 0 Å². The van der Waals surface area contributed by atoms with Crippen LogP contribution in [0.3, 0.4) is 0 Å². The summed E-state index contributed by atoms with van der Waals surface area (Å²) in [7, 11) is 0. The predicted octanol–water partition coefficient (Wildman–Crippen LogP) is 4.74. The molecule has 0 aromatic heterocycles. The van der Waals surface area contributed by atoms with Crippen molar-refractivity contribution in [2.45, 2.75) is 39.5 Å². The van der Waals surface area contributed by atoms with Gasteiger partial charge in [0.1, 0.15) is 0 Å². The zero-order chi connectivity index (χ0) is 10.9. The summed E-state index contributed by atoms with van der Waals surface area (Å²) in [4.78, 5) is 0. The summed E-state index contributed by atoms with van der Waals surface area (Å²) in [5.41, 5.74) is 3.08. The van der Waals surface area contributed by atoms with Gasteiger partial charge in [-0.05, 0) is 44.1 Å². The molecule has 0 aromatic carbocycles. The third-order valence-corrected chi connectivity index (χ3v) is 3.56. The maximum Gasteiger partial charge on any atom is -0.00675 e. The lowest BCUT2D eigenvalue weighted by Gasteiger charge is -2.06. The summed E-state index contributed by atoms with van der Waals surface area (Å²) in [6.07, 6.45) is 14.0. The van der Waals surface area contributed by atoms with Crippen molar-refractivity contribution >= 4 is 11.8 Å². The number of rotatable bonds is 6. The van der Waals surface area contributed by atoms with E-state index in [0.717, 1.165) is 0 Å². The van der Waals surface area contributed by atoms with Crippen molar-refractivity contribution in [2.24, 2.45) is 0 Å². The largest absolute Gasteiger partial charge is 0.162 e. The van der Waals surface area contributed by atoms with E-state index in [2.05, 4.69) is 49.9 Å². The summed E-state index contributed by atoms with van der Waals surface area (Å²) >= 11 is 2.05. The molecule has 0 aromatic rings. The minimum Gasteiger partial charge on any atom is -0.162 e. The molecule has 1 aliphatic carbocycles. The monoisotopic (exact) mass is 222 g/mol. The van der Waals surface area contributed by atoms with Crippen LogP contribution in [0.1, 0.15) is 39.5 Å². The van der Waals surface area contributed by atoms with Crippen LogP contribution in [0.25, 0.3) is 0 Å². The molecule has 0 atom stereocenters. The van der Waals surface area contributed by atoms with Crippen LogP contribution >= 0.6 is 11.8 Å². The summed E-state index contributed by atoms with van der Waals surface area (Å²) in [5, 5.41) is 0. The highest BCUT2D eigenvalue weighted by Crippen LogP contribution is 2.20. The molecule has 1 heteroatoms. The Morgan fingerprint density at radius 1 is 1.20 bits per heavy atom. The van der Waals surface area contributed by atoms with E-state index in [0.29, 0.717) is 0 Å². The van der Waals surface area contributed by atoms with Crippen LogP contribution in [-0.2, 0) is 0 Å². The van der Waals surface area contributed by atoms with Crippen LogP contribution in [0.5, 0.6) is 0 Å². The fourth-order valence-corrected chi connectivity index (χ4v) is 2.46. The van der Waals surface area contributed by atoms with Crippen LogP contribution in [0.2, 0.25) is 0 Å². The molecule has 0 saturated carbocycles. The lowest BCUT2D eigenvalue weighted by molar-refractivity contribution is 0.777. The standard InChI is InChI=1S/C14H22S/c1-3-15-11-7-6-10-14-9-5-4-8-13(2)12-14/h4-5,8-9H,3,6-7,10-12H2,1-2H3. The average molecular weight is 222 g/mol. The number of hydrogen-bond acceptors (Lipinski definition) is 1. The lowest BCUT2D eigenvalue weighted by atomic mass is 10.0. The first-order valence-corrected chi connectivity index (χ1v) is 7.08. The van der Waals surface area contributed by atoms with Crippen LogP contribution in [0.4, 0.5) is 0 Å². The maximum absolute atomic E-state index is 2.29. The quantitative estimate of drug-likeness (QED) is 0.585. The van der Waals surface area contributed by atoms with E-state index in [-0.39, 0.29) is 0 Å². The Kier molecular flexibility index (Phi) is 6.58. The molecule has 0 fully saturated rings. The summed E-state index contributed by atoms with van der Waals surface area (Å²) < 4.78 is 0. The van der Waals surface area contributed by atoms with Crippen molar-refractivity contribution in [1.29, 1.82) is 0 Å². The second kappa shape index (κ2) is 7.81. The molecule has 0 saturated heterocycles. The fourth-order valence-electron chi connectivity index (χ4n) is 1.76. The average Bonchev–Trinajstić information content (AvgIpc) is 2.43. The van der Waals surface area contributed by atoms with Gasteiger partial charge in [0.15, 0.2) is 0 Å². The molecule has 0 amide bonds. The molecule has 0 radical (unpaired) electrons. The highest BCUT2D eigenvalue weighted by molar-refractivity contribution is 7.99. The molecule has 0 unspecified atom stereocenters. The van der Waals surface area contributed by atoms with Gasteiger partial charge in [0.25, 0.3) is 0 Å². The lowest BCUT2D eigenvalue weighted by Crippen LogP contribution is -1.87. The van der Waals surface area contributed by atoms with Gasteiger partial charge >= 0.3 is 0 Å². The van der Waals surface area contributed by atoms with Gasteiger partial charge in [0.05, 0.1) is 0 Å². The van der Waals surface area contributed by atoms with E-state index in [9.17, 15) is 0 Å². The molecule has 0 aliphatic heterocycles. The Morgan fingerprint density at radius 3 is 2.80 bits per heavy atom. The molecule has 0 nitrogen and oxygen atoms in total. The third-order valence-electron chi connectivity index (χ3n) is 2.57. The molecule has 0 N–H and O–H groups in total. The molecule has 15 heavy (non-hydrogen) atoms. The normalized spacial score (nSPS) is 15.9. The zero-order valence-electron chi connectivity index (χ0n) is 9.96. The van der Waals surface area contributed by atoms with Gasteiger partial charge in [-0.1, -0.05) is 42.4 Å². The number of unbranched alkanes of at least 4 members (excludes halogenated alkanes) is 1. The van der Waals surface area contributed by atoms with Crippen molar-refractivity contribution in [2.75, 3.05) is 11.5 Å². The molecular formula is C14H22S. The first-order valence-electron chi connectivity index (χ1n) is 5.92. The van der Waals surface area contributed by atoms with Crippen LogP contribution in [-0.4, -0.2) is 11.5 Å². The van der Waals surface area contributed by atoms with Gasteiger partial charge in [-0.15, -0.1) is 0 Å². The molecule has 1 aliphatic rings. The molecule has 0 spiro atoms. The molecule has 84 valence electrons. The molecule has 0 heterocycles. The fraction of sp³-hybridized carbons (Fsp3) is 0.571. The third kappa shape index (κ3) is 5.88.